The zero-order valence-corrected chi connectivity index (χ0v) is 10.6. The van der Waals surface area contributed by atoms with Crippen LogP contribution in [-0.4, -0.2) is 31.7 Å². The molecule has 18 heavy (non-hydrogen) atoms. The summed E-state index contributed by atoms with van der Waals surface area (Å²) >= 11 is 0. The fourth-order valence-corrected chi connectivity index (χ4v) is 2.51. The minimum atomic E-state index is -3.51. The van der Waals surface area contributed by atoms with Crippen molar-refractivity contribution in [3.05, 3.63) is 24.0 Å². The van der Waals surface area contributed by atoms with Crippen LogP contribution in [0.5, 0.6) is 0 Å². The molecule has 0 unspecified atom stereocenters. The monoisotopic (exact) mass is 266 g/mol. The van der Waals surface area contributed by atoms with Crippen LogP contribution in [0, 0.1) is 17.8 Å². The third-order valence-electron chi connectivity index (χ3n) is 2.59. The van der Waals surface area contributed by atoms with Crippen LogP contribution in [0.15, 0.2) is 23.4 Å². The average molecular weight is 266 g/mol. The predicted molar refractivity (Wildman–Crippen MR) is 66.1 cm³/mol. The lowest BCUT2D eigenvalue weighted by Crippen LogP contribution is -2.26. The van der Waals surface area contributed by atoms with E-state index >= 15 is 0 Å². The lowest BCUT2D eigenvalue weighted by molar-refractivity contribution is 0.350. The van der Waals surface area contributed by atoms with E-state index in [1.807, 2.05) is 0 Å². The van der Waals surface area contributed by atoms with Gasteiger partial charge in [-0.1, -0.05) is 11.8 Å². The molecule has 0 radical (unpaired) electrons. The summed E-state index contributed by atoms with van der Waals surface area (Å²) in [6.45, 7) is 0.214. The summed E-state index contributed by atoms with van der Waals surface area (Å²) in [6.07, 6.45) is 4.92. The number of rotatable bonds is 4. The molecule has 1 fully saturated rings. The summed E-state index contributed by atoms with van der Waals surface area (Å²) in [4.78, 5) is 3.95. The first-order valence-electron chi connectivity index (χ1n) is 5.66. The molecule has 1 aliphatic rings. The molecule has 1 aromatic heterocycles. The maximum absolute atomic E-state index is 11.9. The molecular formula is C12H14N2O3S. The van der Waals surface area contributed by atoms with Crippen LogP contribution in [0.2, 0.25) is 0 Å². The number of aliphatic hydroxyl groups excluding tert-OH is 1. The van der Waals surface area contributed by atoms with Crippen molar-refractivity contribution in [2.75, 3.05) is 13.2 Å². The maximum atomic E-state index is 11.9. The van der Waals surface area contributed by atoms with Gasteiger partial charge in [0.05, 0.1) is 0 Å². The fourth-order valence-electron chi connectivity index (χ4n) is 1.41. The van der Waals surface area contributed by atoms with Crippen LogP contribution in [0.3, 0.4) is 0 Å². The van der Waals surface area contributed by atoms with Gasteiger partial charge in [-0.25, -0.2) is 13.1 Å². The summed E-state index contributed by atoms with van der Waals surface area (Å²) in [5.74, 6) is 5.56. The molecule has 0 spiro atoms. The second kappa shape index (κ2) is 5.48. The number of nitrogens with zero attached hydrogens (tertiary/aromatic N) is 1. The summed E-state index contributed by atoms with van der Waals surface area (Å²) in [5, 5.41) is 8.58. The van der Waals surface area contributed by atoms with E-state index in [1.54, 1.807) is 0 Å². The Kier molecular flexibility index (Phi) is 3.97. The summed E-state index contributed by atoms with van der Waals surface area (Å²) in [5.41, 5.74) is 0.471. The highest BCUT2D eigenvalue weighted by Crippen LogP contribution is 2.28. The van der Waals surface area contributed by atoms with E-state index < -0.39 is 10.0 Å². The number of pyridine rings is 1. The van der Waals surface area contributed by atoms with Crippen LogP contribution in [-0.2, 0) is 10.0 Å². The molecule has 1 saturated carbocycles. The SMILES string of the molecule is O=S(=O)(NCC1CC1)c1cncc(C#CCO)c1. The van der Waals surface area contributed by atoms with Gasteiger partial charge in [-0.2, -0.15) is 0 Å². The Morgan fingerprint density at radius 2 is 2.22 bits per heavy atom. The average Bonchev–Trinajstić information content (AvgIpc) is 3.18. The van der Waals surface area contributed by atoms with E-state index in [4.69, 9.17) is 5.11 Å². The summed E-state index contributed by atoms with van der Waals surface area (Å²) in [6, 6.07) is 1.45. The topological polar surface area (TPSA) is 79.3 Å². The van der Waals surface area contributed by atoms with Gasteiger partial charge in [0.25, 0.3) is 0 Å². The van der Waals surface area contributed by atoms with Crippen LogP contribution in [0.1, 0.15) is 18.4 Å². The van der Waals surface area contributed by atoms with Crippen molar-refractivity contribution in [1.29, 1.82) is 0 Å². The van der Waals surface area contributed by atoms with Gasteiger partial charge in [-0.15, -0.1) is 0 Å². The molecule has 0 amide bonds. The van der Waals surface area contributed by atoms with Gasteiger partial charge in [0.1, 0.15) is 11.5 Å². The van der Waals surface area contributed by atoms with Crippen molar-refractivity contribution >= 4 is 10.0 Å². The van der Waals surface area contributed by atoms with E-state index in [9.17, 15) is 8.42 Å². The van der Waals surface area contributed by atoms with Gasteiger partial charge in [0.15, 0.2) is 0 Å². The van der Waals surface area contributed by atoms with E-state index in [0.717, 1.165) is 12.8 Å². The smallest absolute Gasteiger partial charge is 0.242 e. The normalized spacial score (nSPS) is 14.9. The highest BCUT2D eigenvalue weighted by molar-refractivity contribution is 7.89. The number of hydrogen-bond acceptors (Lipinski definition) is 4. The minimum absolute atomic E-state index is 0.105. The first kappa shape index (κ1) is 13.0. The third kappa shape index (κ3) is 3.53. The second-order valence-corrected chi connectivity index (χ2v) is 5.93. The Balaban J connectivity index is 2.15. The van der Waals surface area contributed by atoms with Crippen molar-refractivity contribution in [3.8, 4) is 11.8 Å². The molecule has 0 saturated heterocycles. The highest BCUT2D eigenvalue weighted by Gasteiger charge is 2.24. The van der Waals surface area contributed by atoms with Crippen molar-refractivity contribution < 1.29 is 13.5 Å². The summed E-state index contributed by atoms with van der Waals surface area (Å²) in [7, 11) is -3.51. The molecule has 0 bridgehead atoms. The number of nitrogens with one attached hydrogen (secondary N) is 1. The Labute approximate surface area is 106 Å². The van der Waals surface area contributed by atoms with Crippen molar-refractivity contribution in [2.45, 2.75) is 17.7 Å². The third-order valence-corrected chi connectivity index (χ3v) is 3.98. The highest BCUT2D eigenvalue weighted by atomic mass is 32.2. The molecule has 0 atom stereocenters. The molecule has 96 valence electrons. The van der Waals surface area contributed by atoms with Crippen LogP contribution < -0.4 is 4.72 Å². The molecule has 0 aromatic carbocycles. The Bertz CT molecular complexity index is 583. The minimum Gasteiger partial charge on any atom is -0.384 e. The largest absolute Gasteiger partial charge is 0.384 e. The molecule has 1 aromatic rings. The molecule has 2 N–H and O–H groups in total. The lowest BCUT2D eigenvalue weighted by atomic mass is 10.3. The molecule has 1 aliphatic carbocycles. The fraction of sp³-hybridized carbons (Fsp3) is 0.417. The number of hydrogen-bond donors (Lipinski definition) is 2. The van der Waals surface area contributed by atoms with E-state index in [2.05, 4.69) is 21.5 Å². The molecule has 2 rings (SSSR count). The van der Waals surface area contributed by atoms with Crippen LogP contribution in [0.4, 0.5) is 0 Å². The van der Waals surface area contributed by atoms with Crippen molar-refractivity contribution in [3.63, 3.8) is 0 Å². The first-order valence-corrected chi connectivity index (χ1v) is 7.14. The maximum Gasteiger partial charge on any atom is 0.242 e. The second-order valence-electron chi connectivity index (χ2n) is 4.16. The Morgan fingerprint density at radius 3 is 2.89 bits per heavy atom. The van der Waals surface area contributed by atoms with Gasteiger partial charge >= 0.3 is 0 Å². The van der Waals surface area contributed by atoms with Crippen LogP contribution >= 0.6 is 0 Å². The lowest BCUT2D eigenvalue weighted by Gasteiger charge is -2.05. The van der Waals surface area contributed by atoms with Gasteiger partial charge in [-0.3, -0.25) is 4.98 Å². The molecule has 0 aliphatic heterocycles. The van der Waals surface area contributed by atoms with Gasteiger partial charge in [0, 0.05) is 24.5 Å². The Hall–Kier alpha value is -1.42. The van der Waals surface area contributed by atoms with Crippen molar-refractivity contribution in [1.82, 2.24) is 9.71 Å². The number of aliphatic hydroxyl groups is 1. The number of aromatic nitrogens is 1. The standard InChI is InChI=1S/C12H14N2O3S/c15-5-1-2-11-6-12(9-13-7-11)18(16,17)14-8-10-3-4-10/h6-7,9-10,14-15H,3-5,8H2. The van der Waals surface area contributed by atoms with E-state index in [-0.39, 0.29) is 11.5 Å². The first-order chi connectivity index (χ1) is 8.62. The summed E-state index contributed by atoms with van der Waals surface area (Å²) < 4.78 is 26.4. The quantitative estimate of drug-likeness (QED) is 0.758. The zero-order valence-electron chi connectivity index (χ0n) is 9.76. The number of sulfonamides is 1. The molecular weight excluding hydrogens is 252 g/mol. The van der Waals surface area contributed by atoms with Gasteiger partial charge < -0.3 is 5.11 Å². The predicted octanol–water partition coefficient (Wildman–Crippen LogP) is 0.114. The zero-order chi connectivity index (χ0) is 13.0. The van der Waals surface area contributed by atoms with E-state index in [1.165, 1.54) is 18.5 Å². The van der Waals surface area contributed by atoms with Gasteiger partial charge in [0.2, 0.25) is 10.0 Å². The van der Waals surface area contributed by atoms with Crippen LogP contribution in [0.25, 0.3) is 0 Å². The van der Waals surface area contributed by atoms with Crippen molar-refractivity contribution in [2.24, 2.45) is 5.92 Å². The molecule has 5 nitrogen and oxygen atoms in total. The van der Waals surface area contributed by atoms with Gasteiger partial charge in [-0.05, 0) is 24.8 Å². The molecule has 6 heteroatoms. The molecule has 1 heterocycles. The van der Waals surface area contributed by atoms with E-state index in [0.29, 0.717) is 18.0 Å². The Morgan fingerprint density at radius 1 is 1.44 bits per heavy atom.